The summed E-state index contributed by atoms with van der Waals surface area (Å²) < 4.78 is 49.7. The fraction of sp³-hybridized carbons (Fsp3) is 0.733. The molecule has 25 heavy (non-hydrogen) atoms. The quantitative estimate of drug-likeness (QED) is 0.215. The summed E-state index contributed by atoms with van der Waals surface area (Å²) in [7, 11) is 0. The number of terminal acetylenes is 1. The number of rotatable bonds is 13. The maximum absolute atomic E-state index is 11.9. The summed E-state index contributed by atoms with van der Waals surface area (Å²) in [4.78, 5) is 21.9. The van der Waals surface area contributed by atoms with Crippen LogP contribution in [0.1, 0.15) is 25.7 Å². The van der Waals surface area contributed by atoms with Gasteiger partial charge in [0, 0.05) is 19.4 Å². The van der Waals surface area contributed by atoms with Crippen molar-refractivity contribution in [1.29, 1.82) is 0 Å². The van der Waals surface area contributed by atoms with E-state index in [2.05, 4.69) is 16.0 Å². The topological polar surface area (TPSA) is 99.9 Å². The molecule has 0 saturated heterocycles. The van der Waals surface area contributed by atoms with E-state index in [1.165, 1.54) is 0 Å². The molecular weight excluding hydrogens is 345 g/mol. The molecule has 0 aromatic rings. The summed E-state index contributed by atoms with van der Waals surface area (Å²) in [6.45, 7) is 0.403. The molecule has 1 unspecified atom stereocenters. The lowest BCUT2D eigenvalue weighted by Gasteiger charge is -2.14. The van der Waals surface area contributed by atoms with Crippen molar-refractivity contribution in [1.82, 2.24) is 5.32 Å². The van der Waals surface area contributed by atoms with Gasteiger partial charge >= 0.3 is 12.1 Å². The average Bonchev–Trinajstić information content (AvgIpc) is 2.53. The highest BCUT2D eigenvalue weighted by atomic mass is 19.4. The molecule has 0 radical (unpaired) electrons. The Bertz CT molecular complexity index is 438. The third-order valence-corrected chi connectivity index (χ3v) is 2.69. The largest absolute Gasteiger partial charge is 0.490 e. The van der Waals surface area contributed by atoms with E-state index < -0.39 is 18.4 Å². The van der Waals surface area contributed by atoms with Crippen LogP contribution >= 0.6 is 0 Å². The van der Waals surface area contributed by atoms with Crippen LogP contribution in [-0.2, 0) is 23.8 Å². The van der Waals surface area contributed by atoms with Gasteiger partial charge < -0.3 is 19.5 Å². The van der Waals surface area contributed by atoms with E-state index >= 15 is 0 Å². The van der Waals surface area contributed by atoms with Crippen molar-refractivity contribution < 1.29 is 37.0 Å². The van der Waals surface area contributed by atoms with Crippen LogP contribution in [0.25, 0.3) is 0 Å². The van der Waals surface area contributed by atoms with Gasteiger partial charge in [0.2, 0.25) is 5.91 Å². The number of alkyl halides is 3. The summed E-state index contributed by atoms with van der Waals surface area (Å²) in [6, 6.07) is 0. The first-order valence-electron chi connectivity index (χ1n) is 7.66. The molecule has 0 spiro atoms. The van der Waals surface area contributed by atoms with Gasteiger partial charge in [-0.15, -0.1) is 12.3 Å². The van der Waals surface area contributed by atoms with Gasteiger partial charge in [-0.3, -0.25) is 10.5 Å². The van der Waals surface area contributed by atoms with Gasteiger partial charge in [0.25, 0.3) is 0 Å². The molecule has 3 N–H and O–H groups in total. The molecule has 0 fully saturated rings. The molecule has 0 heterocycles. The molecule has 0 aromatic carbocycles. The van der Waals surface area contributed by atoms with Crippen LogP contribution in [0.5, 0.6) is 0 Å². The Morgan fingerprint density at radius 1 is 1.16 bits per heavy atom. The average molecular weight is 368 g/mol. The first-order valence-corrected chi connectivity index (χ1v) is 7.66. The highest BCUT2D eigenvalue weighted by Gasteiger charge is 2.41. The van der Waals surface area contributed by atoms with Crippen LogP contribution in [0.4, 0.5) is 13.2 Å². The van der Waals surface area contributed by atoms with E-state index in [-0.39, 0.29) is 32.3 Å². The highest BCUT2D eigenvalue weighted by molar-refractivity contribution is 5.76. The van der Waals surface area contributed by atoms with Crippen LogP contribution in [0.15, 0.2) is 0 Å². The third kappa shape index (κ3) is 14.2. The zero-order valence-corrected chi connectivity index (χ0v) is 13.8. The van der Waals surface area contributed by atoms with Gasteiger partial charge in [-0.05, 0) is 12.8 Å². The minimum atomic E-state index is -5.09. The van der Waals surface area contributed by atoms with Crippen molar-refractivity contribution >= 4 is 11.9 Å². The number of hydrogen-bond acceptors (Lipinski definition) is 6. The van der Waals surface area contributed by atoms with Crippen LogP contribution in [-0.4, -0.2) is 57.3 Å². The first kappa shape index (κ1) is 23.2. The standard InChI is InChI=1S/C15H23F3N2O5/c1-2-3-4-5-6-13(21)20-7-8-23-9-10-24-11-12(19)25-14(22)15(16,17)18/h1,12H,3-11,19H2,(H,20,21). The minimum absolute atomic E-state index is 0.0529. The first-order chi connectivity index (χ1) is 11.8. The number of unbranched alkanes of at least 4 members (excludes halogenated alkanes) is 2. The minimum Gasteiger partial charge on any atom is -0.438 e. The number of carbonyl (C=O) groups excluding carboxylic acids is 2. The van der Waals surface area contributed by atoms with E-state index in [1.54, 1.807) is 0 Å². The van der Waals surface area contributed by atoms with Crippen LogP contribution in [0, 0.1) is 12.3 Å². The smallest absolute Gasteiger partial charge is 0.438 e. The number of halogens is 3. The molecule has 0 saturated carbocycles. The third-order valence-electron chi connectivity index (χ3n) is 2.69. The second-order valence-electron chi connectivity index (χ2n) is 4.89. The maximum Gasteiger partial charge on any atom is 0.490 e. The van der Waals surface area contributed by atoms with Crippen LogP contribution < -0.4 is 11.1 Å². The molecule has 0 rings (SSSR count). The second-order valence-corrected chi connectivity index (χ2v) is 4.89. The maximum atomic E-state index is 11.9. The predicted octanol–water partition coefficient (Wildman–Crippen LogP) is 0.720. The van der Waals surface area contributed by atoms with Crippen LogP contribution in [0.2, 0.25) is 0 Å². The summed E-state index contributed by atoms with van der Waals surface area (Å²) in [6.07, 6.45) is 1.08. The number of hydrogen-bond donors (Lipinski definition) is 2. The molecule has 0 bridgehead atoms. The zero-order valence-electron chi connectivity index (χ0n) is 13.8. The lowest BCUT2D eigenvalue weighted by molar-refractivity contribution is -0.206. The highest BCUT2D eigenvalue weighted by Crippen LogP contribution is 2.16. The van der Waals surface area contributed by atoms with E-state index in [1.807, 2.05) is 0 Å². The van der Waals surface area contributed by atoms with Crippen molar-refractivity contribution in [3.05, 3.63) is 0 Å². The molecule has 7 nitrogen and oxygen atoms in total. The number of amides is 1. The van der Waals surface area contributed by atoms with Crippen molar-refractivity contribution in [3.8, 4) is 12.3 Å². The van der Waals surface area contributed by atoms with Crippen molar-refractivity contribution in [3.63, 3.8) is 0 Å². The number of nitrogens with two attached hydrogens (primary N) is 1. The molecular formula is C15H23F3N2O5. The molecule has 10 heteroatoms. The molecule has 0 aliphatic carbocycles. The molecule has 0 aliphatic heterocycles. The predicted molar refractivity (Wildman–Crippen MR) is 82.1 cm³/mol. The summed E-state index contributed by atoms with van der Waals surface area (Å²) in [5.41, 5.74) is 5.16. The molecule has 1 atom stereocenters. The molecule has 144 valence electrons. The van der Waals surface area contributed by atoms with Gasteiger partial charge in [-0.25, -0.2) is 4.79 Å². The lowest BCUT2D eigenvalue weighted by Crippen LogP contribution is -2.37. The summed E-state index contributed by atoms with van der Waals surface area (Å²) in [5.74, 6) is 0.0404. The summed E-state index contributed by atoms with van der Waals surface area (Å²) in [5, 5.41) is 2.66. The van der Waals surface area contributed by atoms with E-state index in [4.69, 9.17) is 21.6 Å². The number of esters is 1. The Labute approximate surface area is 144 Å². The lowest BCUT2D eigenvalue weighted by atomic mass is 10.2. The Morgan fingerprint density at radius 3 is 2.48 bits per heavy atom. The molecule has 0 aliphatic rings. The van der Waals surface area contributed by atoms with Gasteiger partial charge in [0.1, 0.15) is 0 Å². The van der Waals surface area contributed by atoms with Crippen molar-refractivity contribution in [2.75, 3.05) is 33.0 Å². The molecule has 0 aromatic heterocycles. The number of nitrogens with one attached hydrogen (secondary N) is 1. The summed E-state index contributed by atoms with van der Waals surface area (Å²) >= 11 is 0. The monoisotopic (exact) mass is 368 g/mol. The van der Waals surface area contributed by atoms with Crippen molar-refractivity contribution in [2.45, 2.75) is 38.1 Å². The van der Waals surface area contributed by atoms with E-state index in [9.17, 15) is 22.8 Å². The van der Waals surface area contributed by atoms with Gasteiger partial charge in [-0.2, -0.15) is 13.2 Å². The van der Waals surface area contributed by atoms with Crippen LogP contribution in [0.3, 0.4) is 0 Å². The van der Waals surface area contributed by atoms with Crippen molar-refractivity contribution in [2.24, 2.45) is 5.73 Å². The number of carbonyl (C=O) groups is 2. The van der Waals surface area contributed by atoms with E-state index in [0.717, 1.165) is 12.8 Å². The molecule has 1 amide bonds. The van der Waals surface area contributed by atoms with Gasteiger partial charge in [-0.1, -0.05) is 0 Å². The Hall–Kier alpha value is -1.83. The zero-order chi connectivity index (χ0) is 19.1. The number of ether oxygens (including phenoxy) is 3. The fourth-order valence-corrected chi connectivity index (χ4v) is 1.52. The van der Waals surface area contributed by atoms with E-state index in [0.29, 0.717) is 19.4 Å². The SMILES string of the molecule is C#CCCCCC(=O)NCCOCCOCC(N)OC(=O)C(F)(F)F. The van der Waals surface area contributed by atoms with Gasteiger partial charge in [0.05, 0.1) is 26.4 Å². The fourth-order valence-electron chi connectivity index (χ4n) is 1.52. The normalized spacial score (nSPS) is 12.3. The Balaban J connectivity index is 3.45. The van der Waals surface area contributed by atoms with Gasteiger partial charge in [0.15, 0.2) is 6.23 Å². The Kier molecular flexibility index (Phi) is 12.5. The second kappa shape index (κ2) is 13.5. The Morgan fingerprint density at radius 2 is 1.84 bits per heavy atom.